The van der Waals surface area contributed by atoms with E-state index < -0.39 is 0 Å². The molecule has 0 aliphatic carbocycles. The fourth-order valence-electron chi connectivity index (χ4n) is 3.12. The Kier molecular flexibility index (Phi) is 3.75. The molecule has 1 atom stereocenters. The van der Waals surface area contributed by atoms with Gasteiger partial charge in [-0.05, 0) is 29.8 Å². The summed E-state index contributed by atoms with van der Waals surface area (Å²) in [6.07, 6.45) is 0.808. The normalized spacial score (nSPS) is 16.9. The third kappa shape index (κ3) is 2.76. The highest BCUT2D eigenvalue weighted by molar-refractivity contribution is 6.03. The van der Waals surface area contributed by atoms with E-state index in [4.69, 9.17) is 5.10 Å². The molecule has 3 heteroatoms. The molecular formula is C21H18N2O. The maximum atomic E-state index is 9.77. The second-order valence-corrected chi connectivity index (χ2v) is 5.91. The third-order valence-electron chi connectivity index (χ3n) is 4.29. The number of phenols is 1. The van der Waals surface area contributed by atoms with Gasteiger partial charge in [0.1, 0.15) is 5.75 Å². The van der Waals surface area contributed by atoms with E-state index in [2.05, 4.69) is 41.4 Å². The Bertz CT molecular complexity index is 859. The van der Waals surface area contributed by atoms with Gasteiger partial charge in [0.25, 0.3) is 0 Å². The molecule has 0 radical (unpaired) electrons. The predicted octanol–water partition coefficient (Wildman–Crippen LogP) is 4.75. The van der Waals surface area contributed by atoms with Crippen LogP contribution in [0.2, 0.25) is 0 Å². The highest BCUT2D eigenvalue weighted by Crippen LogP contribution is 2.36. The number of nitrogens with zero attached hydrogens (tertiary/aromatic N) is 2. The van der Waals surface area contributed by atoms with Crippen molar-refractivity contribution in [2.24, 2.45) is 5.10 Å². The maximum Gasteiger partial charge on any atom is 0.116 e. The molecule has 1 heterocycles. The summed E-state index contributed by atoms with van der Waals surface area (Å²) in [7, 11) is 0. The molecule has 0 aromatic heterocycles. The lowest BCUT2D eigenvalue weighted by Gasteiger charge is -2.23. The number of hydrazone groups is 1. The number of rotatable bonds is 3. The average molecular weight is 314 g/mol. The van der Waals surface area contributed by atoms with Crippen LogP contribution in [0.15, 0.2) is 90.0 Å². The van der Waals surface area contributed by atoms with Crippen molar-refractivity contribution in [2.75, 3.05) is 5.01 Å². The van der Waals surface area contributed by atoms with Gasteiger partial charge in [0.2, 0.25) is 0 Å². The molecule has 1 aliphatic heterocycles. The molecular weight excluding hydrogens is 296 g/mol. The Labute approximate surface area is 141 Å². The monoisotopic (exact) mass is 314 g/mol. The number of benzene rings is 3. The highest BCUT2D eigenvalue weighted by Gasteiger charge is 2.29. The SMILES string of the molecule is Oc1cccc(C2=NN(c3ccccc3)C(c3ccccc3)C2)c1. The van der Waals surface area contributed by atoms with E-state index in [0.29, 0.717) is 0 Å². The minimum Gasteiger partial charge on any atom is -0.508 e. The van der Waals surface area contributed by atoms with Crippen molar-refractivity contribution < 1.29 is 5.11 Å². The first-order valence-electron chi connectivity index (χ1n) is 8.07. The lowest BCUT2D eigenvalue weighted by Crippen LogP contribution is -2.18. The Morgan fingerprint density at radius 3 is 2.25 bits per heavy atom. The zero-order valence-corrected chi connectivity index (χ0v) is 13.2. The molecule has 0 spiro atoms. The first-order chi connectivity index (χ1) is 11.8. The summed E-state index contributed by atoms with van der Waals surface area (Å²) in [6, 6.07) is 28.1. The molecule has 4 rings (SSSR count). The number of para-hydroxylation sites is 1. The van der Waals surface area contributed by atoms with Gasteiger partial charge < -0.3 is 5.11 Å². The van der Waals surface area contributed by atoms with Crippen LogP contribution < -0.4 is 5.01 Å². The van der Waals surface area contributed by atoms with Gasteiger partial charge in [0, 0.05) is 12.0 Å². The van der Waals surface area contributed by atoms with Crippen molar-refractivity contribution in [2.45, 2.75) is 12.5 Å². The maximum absolute atomic E-state index is 9.77. The number of anilines is 1. The van der Waals surface area contributed by atoms with Crippen LogP contribution in [-0.2, 0) is 0 Å². The molecule has 3 aromatic carbocycles. The first kappa shape index (κ1) is 14.5. The fraction of sp³-hybridized carbons (Fsp3) is 0.0952. The zero-order chi connectivity index (χ0) is 16.4. The second kappa shape index (κ2) is 6.20. The molecule has 1 N–H and O–H groups in total. The van der Waals surface area contributed by atoms with E-state index in [-0.39, 0.29) is 11.8 Å². The van der Waals surface area contributed by atoms with Crippen LogP contribution in [0.5, 0.6) is 5.75 Å². The van der Waals surface area contributed by atoms with Crippen LogP contribution in [-0.4, -0.2) is 10.8 Å². The molecule has 0 saturated heterocycles. The van der Waals surface area contributed by atoms with Crippen molar-refractivity contribution >= 4 is 11.4 Å². The largest absolute Gasteiger partial charge is 0.508 e. The lowest BCUT2D eigenvalue weighted by atomic mass is 9.98. The van der Waals surface area contributed by atoms with E-state index in [9.17, 15) is 5.11 Å². The van der Waals surface area contributed by atoms with Gasteiger partial charge in [0.15, 0.2) is 0 Å². The standard InChI is InChI=1S/C21H18N2O/c24-19-13-7-10-17(14-19)20-15-21(16-8-3-1-4-9-16)23(22-20)18-11-5-2-6-12-18/h1-14,21,24H,15H2. The second-order valence-electron chi connectivity index (χ2n) is 5.91. The van der Waals surface area contributed by atoms with Crippen LogP contribution in [0, 0.1) is 0 Å². The Morgan fingerprint density at radius 1 is 0.833 bits per heavy atom. The summed E-state index contributed by atoms with van der Waals surface area (Å²) in [5.74, 6) is 0.268. The van der Waals surface area contributed by atoms with Gasteiger partial charge in [-0.2, -0.15) is 5.10 Å². The molecule has 0 amide bonds. The number of aromatic hydroxyl groups is 1. The van der Waals surface area contributed by atoms with Crippen LogP contribution in [0.25, 0.3) is 0 Å². The smallest absolute Gasteiger partial charge is 0.116 e. The van der Waals surface area contributed by atoms with Gasteiger partial charge in [-0.3, -0.25) is 5.01 Å². The van der Waals surface area contributed by atoms with E-state index in [1.165, 1.54) is 5.56 Å². The molecule has 3 nitrogen and oxygen atoms in total. The van der Waals surface area contributed by atoms with Gasteiger partial charge in [-0.25, -0.2) is 0 Å². The van der Waals surface area contributed by atoms with Crippen molar-refractivity contribution in [3.05, 3.63) is 96.1 Å². The summed E-state index contributed by atoms with van der Waals surface area (Å²) in [4.78, 5) is 0. The molecule has 118 valence electrons. The predicted molar refractivity (Wildman–Crippen MR) is 97.4 cm³/mol. The fourth-order valence-corrected chi connectivity index (χ4v) is 3.12. The van der Waals surface area contributed by atoms with Crippen molar-refractivity contribution in [1.82, 2.24) is 0 Å². The summed E-state index contributed by atoms with van der Waals surface area (Å²) >= 11 is 0. The Balaban J connectivity index is 1.76. The number of hydrogen-bond donors (Lipinski definition) is 1. The molecule has 0 bridgehead atoms. The van der Waals surface area contributed by atoms with Crippen LogP contribution in [0.4, 0.5) is 5.69 Å². The van der Waals surface area contributed by atoms with Crippen LogP contribution in [0.3, 0.4) is 0 Å². The molecule has 3 aromatic rings. The Morgan fingerprint density at radius 2 is 1.54 bits per heavy atom. The van der Waals surface area contributed by atoms with Gasteiger partial charge >= 0.3 is 0 Å². The minimum absolute atomic E-state index is 0.158. The minimum atomic E-state index is 0.158. The van der Waals surface area contributed by atoms with Crippen molar-refractivity contribution in [1.29, 1.82) is 0 Å². The quantitative estimate of drug-likeness (QED) is 0.757. The molecule has 24 heavy (non-hydrogen) atoms. The van der Waals surface area contributed by atoms with E-state index in [1.54, 1.807) is 12.1 Å². The molecule has 0 fully saturated rings. The number of phenolic OH excluding ortho intramolecular Hbond substituents is 1. The van der Waals surface area contributed by atoms with Crippen molar-refractivity contribution in [3.63, 3.8) is 0 Å². The van der Waals surface area contributed by atoms with Crippen LogP contribution in [0.1, 0.15) is 23.6 Å². The van der Waals surface area contributed by atoms with E-state index in [0.717, 1.165) is 23.4 Å². The zero-order valence-electron chi connectivity index (χ0n) is 13.2. The molecule has 1 unspecified atom stereocenters. The van der Waals surface area contributed by atoms with Crippen molar-refractivity contribution in [3.8, 4) is 5.75 Å². The van der Waals surface area contributed by atoms with Gasteiger partial charge in [-0.1, -0.05) is 60.7 Å². The lowest BCUT2D eigenvalue weighted by molar-refractivity contribution is 0.475. The summed E-state index contributed by atoms with van der Waals surface area (Å²) in [6.45, 7) is 0. The molecule has 1 aliphatic rings. The van der Waals surface area contributed by atoms with Crippen LogP contribution >= 0.6 is 0 Å². The topological polar surface area (TPSA) is 35.8 Å². The molecule has 0 saturated carbocycles. The Hall–Kier alpha value is -3.07. The number of hydrogen-bond acceptors (Lipinski definition) is 3. The summed E-state index contributed by atoms with van der Waals surface area (Å²) in [5.41, 5.74) is 4.26. The summed E-state index contributed by atoms with van der Waals surface area (Å²) < 4.78 is 0. The first-order valence-corrected chi connectivity index (χ1v) is 8.07. The van der Waals surface area contributed by atoms with Gasteiger partial charge in [0.05, 0.1) is 17.4 Å². The van der Waals surface area contributed by atoms with E-state index >= 15 is 0 Å². The third-order valence-corrected chi connectivity index (χ3v) is 4.29. The van der Waals surface area contributed by atoms with Gasteiger partial charge in [-0.15, -0.1) is 0 Å². The average Bonchev–Trinajstić information content (AvgIpc) is 3.09. The summed E-state index contributed by atoms with van der Waals surface area (Å²) in [5, 5.41) is 16.7. The highest BCUT2D eigenvalue weighted by atomic mass is 16.3. The van der Waals surface area contributed by atoms with E-state index in [1.807, 2.05) is 36.4 Å².